The summed E-state index contributed by atoms with van der Waals surface area (Å²) in [5.41, 5.74) is 0. The monoisotopic (exact) mass is 172 g/mol. The molecule has 1 unspecified atom stereocenters. The summed E-state index contributed by atoms with van der Waals surface area (Å²) in [4.78, 5) is 22.0. The molecular formula is C8H12O4. The molecule has 1 fully saturated rings. The van der Waals surface area contributed by atoms with Crippen LogP contribution in [0.4, 0.5) is 0 Å². The van der Waals surface area contributed by atoms with Crippen molar-refractivity contribution in [3.05, 3.63) is 0 Å². The van der Waals surface area contributed by atoms with Crippen molar-refractivity contribution in [2.24, 2.45) is 0 Å². The van der Waals surface area contributed by atoms with E-state index in [0.717, 1.165) is 0 Å². The van der Waals surface area contributed by atoms with Crippen LogP contribution in [0.2, 0.25) is 0 Å². The predicted molar refractivity (Wildman–Crippen MR) is 40.3 cm³/mol. The SMILES string of the molecule is CC1OC(C)(C)OC(=O)CC1=O. The van der Waals surface area contributed by atoms with Gasteiger partial charge in [0.05, 0.1) is 0 Å². The van der Waals surface area contributed by atoms with E-state index in [4.69, 9.17) is 9.47 Å². The fraction of sp³-hybridized carbons (Fsp3) is 0.750. The number of cyclic esters (lactones) is 1. The van der Waals surface area contributed by atoms with E-state index in [2.05, 4.69) is 0 Å². The second kappa shape index (κ2) is 2.86. The van der Waals surface area contributed by atoms with Crippen LogP contribution in [0.5, 0.6) is 0 Å². The molecule has 0 aromatic carbocycles. The van der Waals surface area contributed by atoms with Crippen molar-refractivity contribution in [3.63, 3.8) is 0 Å². The molecule has 1 heterocycles. The number of hydrogen-bond acceptors (Lipinski definition) is 4. The number of carbonyl (C=O) groups excluding carboxylic acids is 2. The van der Waals surface area contributed by atoms with Crippen molar-refractivity contribution < 1.29 is 19.1 Å². The van der Waals surface area contributed by atoms with E-state index >= 15 is 0 Å². The maximum atomic E-state index is 11.1. The number of ether oxygens (including phenoxy) is 2. The highest BCUT2D eigenvalue weighted by Gasteiger charge is 2.34. The molecule has 0 aliphatic carbocycles. The minimum atomic E-state index is -0.983. The first kappa shape index (κ1) is 9.19. The Morgan fingerprint density at radius 1 is 1.42 bits per heavy atom. The molecule has 4 nitrogen and oxygen atoms in total. The minimum absolute atomic E-state index is 0.190. The van der Waals surface area contributed by atoms with Crippen LogP contribution in [0, 0.1) is 0 Å². The topological polar surface area (TPSA) is 52.6 Å². The third kappa shape index (κ3) is 2.04. The summed E-state index contributed by atoms with van der Waals surface area (Å²) in [6.07, 6.45) is -0.753. The Bertz CT molecular complexity index is 219. The van der Waals surface area contributed by atoms with Gasteiger partial charge in [0.25, 0.3) is 0 Å². The highest BCUT2D eigenvalue weighted by molar-refractivity contribution is 5.98. The van der Waals surface area contributed by atoms with E-state index < -0.39 is 17.9 Å². The second-order valence-electron chi connectivity index (χ2n) is 3.28. The predicted octanol–water partition coefficient (Wildman–Crippen LogP) is 0.644. The molecule has 1 aliphatic heterocycles. The highest BCUT2D eigenvalue weighted by atomic mass is 16.7. The molecule has 4 heteroatoms. The number of esters is 1. The van der Waals surface area contributed by atoms with Crippen molar-refractivity contribution in [2.75, 3.05) is 0 Å². The summed E-state index contributed by atoms with van der Waals surface area (Å²) >= 11 is 0. The average molecular weight is 172 g/mol. The third-order valence-electron chi connectivity index (χ3n) is 1.59. The Labute approximate surface area is 70.8 Å². The van der Waals surface area contributed by atoms with E-state index in [1.54, 1.807) is 20.8 Å². The van der Waals surface area contributed by atoms with Crippen LogP contribution in [0.15, 0.2) is 0 Å². The van der Waals surface area contributed by atoms with Crippen molar-refractivity contribution >= 4 is 11.8 Å². The summed E-state index contributed by atoms with van der Waals surface area (Å²) in [6.45, 7) is 4.84. The van der Waals surface area contributed by atoms with Crippen LogP contribution in [0.3, 0.4) is 0 Å². The first-order chi connectivity index (χ1) is 5.41. The van der Waals surface area contributed by atoms with Gasteiger partial charge in [-0.25, -0.2) is 0 Å². The number of ketones is 1. The van der Waals surface area contributed by atoms with Gasteiger partial charge in [0.15, 0.2) is 5.78 Å². The van der Waals surface area contributed by atoms with Crippen LogP contribution in [-0.2, 0) is 19.1 Å². The lowest BCUT2D eigenvalue weighted by molar-refractivity contribution is -0.218. The molecule has 68 valence electrons. The lowest BCUT2D eigenvalue weighted by atomic mass is 10.2. The minimum Gasteiger partial charge on any atom is -0.433 e. The van der Waals surface area contributed by atoms with E-state index in [9.17, 15) is 9.59 Å². The Kier molecular flexibility index (Phi) is 2.19. The van der Waals surface area contributed by atoms with Crippen LogP contribution in [-0.4, -0.2) is 23.6 Å². The Hall–Kier alpha value is -0.900. The van der Waals surface area contributed by atoms with Crippen LogP contribution >= 0.6 is 0 Å². The first-order valence-electron chi connectivity index (χ1n) is 3.83. The van der Waals surface area contributed by atoms with Crippen molar-refractivity contribution in [1.82, 2.24) is 0 Å². The summed E-state index contributed by atoms with van der Waals surface area (Å²) in [6, 6.07) is 0. The van der Waals surface area contributed by atoms with E-state index in [1.807, 2.05) is 0 Å². The van der Waals surface area contributed by atoms with Gasteiger partial charge >= 0.3 is 5.97 Å². The van der Waals surface area contributed by atoms with Gasteiger partial charge in [-0.05, 0) is 6.92 Å². The van der Waals surface area contributed by atoms with E-state index in [1.165, 1.54) is 0 Å². The molecule has 12 heavy (non-hydrogen) atoms. The molecule has 1 rings (SSSR count). The highest BCUT2D eigenvalue weighted by Crippen LogP contribution is 2.19. The molecule has 0 aromatic rings. The van der Waals surface area contributed by atoms with Gasteiger partial charge in [-0.2, -0.15) is 0 Å². The molecule has 0 saturated carbocycles. The Morgan fingerprint density at radius 3 is 2.58 bits per heavy atom. The summed E-state index contributed by atoms with van der Waals surface area (Å²) < 4.78 is 10.0. The molecule has 1 saturated heterocycles. The number of Topliss-reactive ketones (excluding diaryl/α,β-unsaturated/α-hetero) is 1. The zero-order valence-corrected chi connectivity index (χ0v) is 7.42. The van der Waals surface area contributed by atoms with Gasteiger partial charge in [0.1, 0.15) is 12.5 Å². The quantitative estimate of drug-likeness (QED) is 0.397. The van der Waals surface area contributed by atoms with Crippen LogP contribution in [0.1, 0.15) is 27.2 Å². The molecular weight excluding hydrogens is 160 g/mol. The van der Waals surface area contributed by atoms with Gasteiger partial charge in [0, 0.05) is 13.8 Å². The maximum Gasteiger partial charge on any atom is 0.315 e. The normalized spacial score (nSPS) is 29.4. The van der Waals surface area contributed by atoms with Gasteiger partial charge in [-0.3, -0.25) is 9.59 Å². The molecule has 1 aliphatic rings. The standard InChI is InChI=1S/C8H12O4/c1-5-6(9)4-7(10)12-8(2,3)11-5/h5H,4H2,1-3H3. The van der Waals surface area contributed by atoms with Gasteiger partial charge in [-0.1, -0.05) is 0 Å². The molecule has 0 N–H and O–H groups in total. The maximum absolute atomic E-state index is 11.1. The number of hydrogen-bond donors (Lipinski definition) is 0. The molecule has 0 spiro atoms. The largest absolute Gasteiger partial charge is 0.433 e. The lowest BCUT2D eigenvalue weighted by Gasteiger charge is -2.24. The van der Waals surface area contributed by atoms with E-state index in [0.29, 0.717) is 0 Å². The fourth-order valence-corrected chi connectivity index (χ4v) is 1.11. The average Bonchev–Trinajstić information content (AvgIpc) is 1.89. The molecule has 0 radical (unpaired) electrons. The van der Waals surface area contributed by atoms with Gasteiger partial charge in [0.2, 0.25) is 5.79 Å². The summed E-state index contributed by atoms with van der Waals surface area (Å²) in [5, 5.41) is 0. The van der Waals surface area contributed by atoms with Crippen molar-refractivity contribution in [1.29, 1.82) is 0 Å². The summed E-state index contributed by atoms with van der Waals surface area (Å²) in [7, 11) is 0. The van der Waals surface area contributed by atoms with Gasteiger partial charge in [-0.15, -0.1) is 0 Å². The van der Waals surface area contributed by atoms with Crippen LogP contribution in [0.25, 0.3) is 0 Å². The molecule has 0 amide bonds. The zero-order valence-electron chi connectivity index (χ0n) is 7.42. The molecule has 0 aromatic heterocycles. The molecule has 1 atom stereocenters. The Morgan fingerprint density at radius 2 is 2.00 bits per heavy atom. The molecule has 0 bridgehead atoms. The van der Waals surface area contributed by atoms with Crippen molar-refractivity contribution in [2.45, 2.75) is 39.1 Å². The first-order valence-corrected chi connectivity index (χ1v) is 3.83. The van der Waals surface area contributed by atoms with Crippen LogP contribution < -0.4 is 0 Å². The second-order valence-corrected chi connectivity index (χ2v) is 3.28. The van der Waals surface area contributed by atoms with Gasteiger partial charge < -0.3 is 9.47 Å². The Balaban J connectivity index is 2.80. The number of carbonyl (C=O) groups is 2. The lowest BCUT2D eigenvalue weighted by Crippen LogP contribution is -2.32. The van der Waals surface area contributed by atoms with E-state index in [-0.39, 0.29) is 12.2 Å². The summed E-state index contributed by atoms with van der Waals surface area (Å²) in [5.74, 6) is -1.73. The van der Waals surface area contributed by atoms with Crippen molar-refractivity contribution in [3.8, 4) is 0 Å². The third-order valence-corrected chi connectivity index (χ3v) is 1.59. The smallest absolute Gasteiger partial charge is 0.315 e. The fourth-order valence-electron chi connectivity index (χ4n) is 1.11. The number of rotatable bonds is 0. The zero-order chi connectivity index (χ0) is 9.35.